The lowest BCUT2D eigenvalue weighted by Gasteiger charge is -2.36. The normalized spacial score (nSPS) is 24.7. The number of fused-ring (bicyclic) bond motifs is 1. The second-order valence-corrected chi connectivity index (χ2v) is 4.31. The van der Waals surface area contributed by atoms with Crippen LogP contribution in [0.1, 0.15) is 19.4 Å². The van der Waals surface area contributed by atoms with Crippen molar-refractivity contribution >= 4 is 17.0 Å². The molecule has 1 aliphatic rings. The lowest BCUT2D eigenvalue weighted by Crippen LogP contribution is -2.27. The number of rotatable bonds is 1. The van der Waals surface area contributed by atoms with E-state index in [4.69, 9.17) is 5.73 Å². The van der Waals surface area contributed by atoms with Gasteiger partial charge in [0.05, 0.1) is 12.4 Å². The number of hydrogen-bond donors (Lipinski definition) is 1. The van der Waals surface area contributed by atoms with E-state index in [9.17, 15) is 0 Å². The van der Waals surface area contributed by atoms with Crippen LogP contribution in [-0.2, 0) is 0 Å². The van der Waals surface area contributed by atoms with Crippen molar-refractivity contribution in [2.75, 3.05) is 5.73 Å². The predicted molar refractivity (Wildman–Crippen MR) is 61.7 cm³/mol. The van der Waals surface area contributed by atoms with E-state index >= 15 is 0 Å². The molecule has 5 heteroatoms. The van der Waals surface area contributed by atoms with Crippen molar-refractivity contribution in [2.24, 2.45) is 5.92 Å². The molecule has 16 heavy (non-hydrogen) atoms. The second kappa shape index (κ2) is 3.04. The molecule has 0 aliphatic heterocycles. The number of aromatic nitrogens is 4. The van der Waals surface area contributed by atoms with Crippen molar-refractivity contribution in [3.63, 3.8) is 0 Å². The van der Waals surface area contributed by atoms with E-state index in [1.54, 1.807) is 6.33 Å². The van der Waals surface area contributed by atoms with Crippen LogP contribution in [0.4, 0.5) is 5.82 Å². The molecule has 0 aromatic carbocycles. The molecule has 0 saturated heterocycles. The Kier molecular flexibility index (Phi) is 1.77. The Morgan fingerprint density at radius 2 is 2.25 bits per heavy atom. The van der Waals surface area contributed by atoms with Crippen LogP contribution in [-0.4, -0.2) is 19.5 Å². The van der Waals surface area contributed by atoms with E-state index in [1.807, 2.05) is 4.57 Å². The number of anilines is 1. The monoisotopic (exact) mass is 215 g/mol. The fraction of sp³-hybridized carbons (Fsp3) is 0.364. The molecule has 2 atom stereocenters. The number of allylic oxidation sites excluding steroid dienone is 1. The Balaban J connectivity index is 2.12. The second-order valence-electron chi connectivity index (χ2n) is 4.31. The average molecular weight is 215 g/mol. The fourth-order valence-electron chi connectivity index (χ4n) is 2.20. The van der Waals surface area contributed by atoms with Crippen molar-refractivity contribution in [1.82, 2.24) is 19.5 Å². The van der Waals surface area contributed by atoms with Crippen LogP contribution in [0.5, 0.6) is 0 Å². The summed E-state index contributed by atoms with van der Waals surface area (Å²) in [6.07, 6.45) is 4.34. The molecule has 1 aliphatic carbocycles. The quantitative estimate of drug-likeness (QED) is 0.733. The van der Waals surface area contributed by atoms with Gasteiger partial charge < -0.3 is 10.3 Å². The first-order chi connectivity index (χ1) is 7.68. The lowest BCUT2D eigenvalue weighted by molar-refractivity contribution is 0.339. The predicted octanol–water partition coefficient (Wildman–Crippen LogP) is 1.55. The van der Waals surface area contributed by atoms with Crippen LogP contribution in [0.15, 0.2) is 24.8 Å². The SMILES string of the molecule is C=C1C(C)CC1n1cnc2c(N)ncnc21. The Labute approximate surface area is 93.0 Å². The van der Waals surface area contributed by atoms with Gasteiger partial charge in [0.2, 0.25) is 0 Å². The van der Waals surface area contributed by atoms with Crippen molar-refractivity contribution in [3.05, 3.63) is 24.8 Å². The zero-order valence-electron chi connectivity index (χ0n) is 9.09. The Hall–Kier alpha value is -1.91. The van der Waals surface area contributed by atoms with Gasteiger partial charge in [-0.1, -0.05) is 19.1 Å². The van der Waals surface area contributed by atoms with Crippen molar-refractivity contribution in [3.8, 4) is 0 Å². The highest BCUT2D eigenvalue weighted by atomic mass is 15.2. The van der Waals surface area contributed by atoms with Crippen LogP contribution >= 0.6 is 0 Å². The number of nitrogens with two attached hydrogens (primary N) is 1. The number of nitrogen functional groups attached to an aromatic ring is 1. The average Bonchev–Trinajstić information content (AvgIpc) is 2.70. The summed E-state index contributed by atoms with van der Waals surface area (Å²) >= 11 is 0. The summed E-state index contributed by atoms with van der Waals surface area (Å²) in [4.78, 5) is 12.4. The third-order valence-electron chi connectivity index (χ3n) is 3.36. The molecule has 0 amide bonds. The van der Waals surface area contributed by atoms with Crippen LogP contribution in [0.2, 0.25) is 0 Å². The topological polar surface area (TPSA) is 69.6 Å². The van der Waals surface area contributed by atoms with Gasteiger partial charge in [-0.25, -0.2) is 15.0 Å². The maximum absolute atomic E-state index is 5.74. The zero-order chi connectivity index (χ0) is 11.3. The number of nitrogens with zero attached hydrogens (tertiary/aromatic N) is 4. The van der Waals surface area contributed by atoms with E-state index in [0.717, 1.165) is 12.1 Å². The number of hydrogen-bond acceptors (Lipinski definition) is 4. The van der Waals surface area contributed by atoms with E-state index in [0.29, 0.717) is 23.3 Å². The van der Waals surface area contributed by atoms with Gasteiger partial charge in [0.1, 0.15) is 11.8 Å². The molecule has 2 heterocycles. The third kappa shape index (κ3) is 1.08. The summed E-state index contributed by atoms with van der Waals surface area (Å²) in [6.45, 7) is 6.27. The van der Waals surface area contributed by atoms with Crippen LogP contribution < -0.4 is 5.73 Å². The molecule has 2 N–H and O–H groups in total. The smallest absolute Gasteiger partial charge is 0.165 e. The number of imidazole rings is 1. The summed E-state index contributed by atoms with van der Waals surface area (Å²) < 4.78 is 2.04. The maximum atomic E-state index is 5.74. The summed E-state index contributed by atoms with van der Waals surface area (Å²) in [5.74, 6) is 1.02. The Morgan fingerprint density at radius 3 is 2.94 bits per heavy atom. The van der Waals surface area contributed by atoms with E-state index in [1.165, 1.54) is 11.9 Å². The molecule has 2 aromatic rings. The fourth-order valence-corrected chi connectivity index (χ4v) is 2.20. The molecule has 3 rings (SSSR count). The molecule has 5 nitrogen and oxygen atoms in total. The molecule has 1 fully saturated rings. The molecular weight excluding hydrogens is 202 g/mol. The highest BCUT2D eigenvalue weighted by molar-refractivity contribution is 5.81. The Morgan fingerprint density at radius 1 is 1.44 bits per heavy atom. The van der Waals surface area contributed by atoms with Gasteiger partial charge in [0.15, 0.2) is 11.5 Å². The molecule has 2 unspecified atom stereocenters. The van der Waals surface area contributed by atoms with Gasteiger partial charge in [0, 0.05) is 0 Å². The first kappa shape index (κ1) is 9.33. The zero-order valence-corrected chi connectivity index (χ0v) is 9.09. The summed E-state index contributed by atoms with van der Waals surface area (Å²) in [5.41, 5.74) is 8.45. The van der Waals surface area contributed by atoms with Crippen molar-refractivity contribution < 1.29 is 0 Å². The van der Waals surface area contributed by atoms with Crippen LogP contribution in [0.3, 0.4) is 0 Å². The van der Waals surface area contributed by atoms with Gasteiger partial charge in [-0.15, -0.1) is 0 Å². The molecule has 0 bridgehead atoms. The molecule has 2 aromatic heterocycles. The van der Waals surface area contributed by atoms with Crippen molar-refractivity contribution in [2.45, 2.75) is 19.4 Å². The maximum Gasteiger partial charge on any atom is 0.165 e. The van der Waals surface area contributed by atoms with E-state index in [-0.39, 0.29) is 0 Å². The minimum atomic E-state index is 0.314. The minimum absolute atomic E-state index is 0.314. The summed E-state index contributed by atoms with van der Waals surface area (Å²) in [5, 5.41) is 0. The highest BCUT2D eigenvalue weighted by Gasteiger charge is 2.32. The molecular formula is C11H13N5. The van der Waals surface area contributed by atoms with Gasteiger partial charge in [-0.2, -0.15) is 0 Å². The van der Waals surface area contributed by atoms with Crippen LogP contribution in [0.25, 0.3) is 11.2 Å². The first-order valence-corrected chi connectivity index (χ1v) is 5.30. The molecule has 0 radical (unpaired) electrons. The van der Waals surface area contributed by atoms with Crippen molar-refractivity contribution in [1.29, 1.82) is 0 Å². The van der Waals surface area contributed by atoms with Gasteiger partial charge in [0.25, 0.3) is 0 Å². The first-order valence-electron chi connectivity index (χ1n) is 5.30. The third-order valence-corrected chi connectivity index (χ3v) is 3.36. The molecule has 1 saturated carbocycles. The summed E-state index contributed by atoms with van der Waals surface area (Å²) in [6, 6.07) is 0.314. The highest BCUT2D eigenvalue weighted by Crippen LogP contribution is 2.42. The lowest BCUT2D eigenvalue weighted by atomic mass is 9.77. The molecule has 0 spiro atoms. The standard InChI is InChI=1S/C11H13N5/c1-6-3-8(7(6)2)16-5-15-9-10(12)13-4-14-11(9)16/h4-6,8H,2-3H2,1H3,(H2,12,13,14). The minimum Gasteiger partial charge on any atom is -0.382 e. The molecule has 82 valence electrons. The van der Waals surface area contributed by atoms with Gasteiger partial charge >= 0.3 is 0 Å². The largest absolute Gasteiger partial charge is 0.382 e. The summed E-state index contributed by atoms with van der Waals surface area (Å²) in [7, 11) is 0. The van der Waals surface area contributed by atoms with E-state index in [2.05, 4.69) is 28.5 Å². The van der Waals surface area contributed by atoms with Gasteiger partial charge in [-0.05, 0) is 12.3 Å². The Bertz CT molecular complexity index is 571. The van der Waals surface area contributed by atoms with Gasteiger partial charge in [-0.3, -0.25) is 0 Å². The van der Waals surface area contributed by atoms with E-state index < -0.39 is 0 Å². The van der Waals surface area contributed by atoms with Crippen LogP contribution in [0, 0.1) is 5.92 Å².